The number of benzene rings is 2. The first-order chi connectivity index (χ1) is 12.0. The molecular formula is C17H12Cl2N4O2. The van der Waals surface area contributed by atoms with E-state index in [1.54, 1.807) is 18.2 Å². The number of rotatable bonds is 1. The first kappa shape index (κ1) is 15.8. The molecule has 0 bridgehead atoms. The maximum Gasteiger partial charge on any atom is 0.323 e. The van der Waals surface area contributed by atoms with E-state index in [9.17, 15) is 9.59 Å². The zero-order chi connectivity index (χ0) is 17.6. The summed E-state index contributed by atoms with van der Waals surface area (Å²) in [5, 5.41) is 11.6. The number of nitrogens with one attached hydrogen (secondary N) is 4. The number of amides is 4. The Morgan fingerprint density at radius 3 is 2.56 bits per heavy atom. The lowest BCUT2D eigenvalue weighted by Gasteiger charge is -2.28. The standard InChI is InChI=1S/C17H12Cl2N4O2/c18-10-6-5-9-13(22-17(25)23-15(9)14(10)19)7-12-8-3-1-2-4-11(8)20-16(24)21-12/h1-7,12H,(H2,20,21,24)(H2,22,23,25)/b13-7-. The zero-order valence-corrected chi connectivity index (χ0v) is 14.2. The van der Waals surface area contributed by atoms with Crippen molar-refractivity contribution in [3.05, 3.63) is 63.6 Å². The van der Waals surface area contributed by atoms with Crippen molar-refractivity contribution in [2.75, 3.05) is 10.6 Å². The molecule has 126 valence electrons. The van der Waals surface area contributed by atoms with Gasteiger partial charge in [-0.15, -0.1) is 0 Å². The van der Waals surface area contributed by atoms with Crippen LogP contribution in [0.3, 0.4) is 0 Å². The fourth-order valence-corrected chi connectivity index (χ4v) is 3.29. The Bertz CT molecular complexity index is 942. The van der Waals surface area contributed by atoms with Crippen LogP contribution in [0.5, 0.6) is 0 Å². The van der Waals surface area contributed by atoms with Gasteiger partial charge in [-0.3, -0.25) is 0 Å². The molecule has 4 amide bonds. The van der Waals surface area contributed by atoms with Gasteiger partial charge in [-0.05, 0) is 24.3 Å². The highest BCUT2D eigenvalue weighted by molar-refractivity contribution is 6.44. The van der Waals surface area contributed by atoms with Gasteiger partial charge >= 0.3 is 12.1 Å². The van der Waals surface area contributed by atoms with Gasteiger partial charge in [-0.2, -0.15) is 0 Å². The molecule has 1 unspecified atom stereocenters. The smallest absolute Gasteiger partial charge is 0.323 e. The van der Waals surface area contributed by atoms with Crippen LogP contribution < -0.4 is 21.3 Å². The van der Waals surface area contributed by atoms with Gasteiger partial charge in [0.1, 0.15) is 0 Å². The molecule has 2 aromatic carbocycles. The molecule has 2 aliphatic rings. The van der Waals surface area contributed by atoms with E-state index in [0.717, 1.165) is 11.3 Å². The van der Waals surface area contributed by atoms with E-state index in [2.05, 4.69) is 21.3 Å². The van der Waals surface area contributed by atoms with Gasteiger partial charge in [0, 0.05) is 16.8 Å². The molecule has 2 aromatic rings. The predicted molar refractivity (Wildman–Crippen MR) is 97.9 cm³/mol. The molecule has 1 atom stereocenters. The summed E-state index contributed by atoms with van der Waals surface area (Å²) in [6.07, 6.45) is 1.78. The molecule has 2 aliphatic heterocycles. The highest BCUT2D eigenvalue weighted by Gasteiger charge is 2.27. The van der Waals surface area contributed by atoms with Crippen LogP contribution in [0.2, 0.25) is 10.0 Å². The van der Waals surface area contributed by atoms with Gasteiger partial charge in [-0.1, -0.05) is 41.4 Å². The molecule has 8 heteroatoms. The second-order valence-corrected chi connectivity index (χ2v) is 6.39. The third-order valence-electron chi connectivity index (χ3n) is 4.04. The van der Waals surface area contributed by atoms with Gasteiger partial charge in [0.15, 0.2) is 0 Å². The van der Waals surface area contributed by atoms with Crippen molar-refractivity contribution in [1.29, 1.82) is 0 Å². The molecule has 0 spiro atoms. The summed E-state index contributed by atoms with van der Waals surface area (Å²) in [5.74, 6) is 0. The number of hydrogen-bond donors (Lipinski definition) is 4. The SMILES string of the molecule is O=C1N/C(=C\C2NC(=O)Nc3ccccc32)c2ccc(Cl)c(Cl)c2N1. The predicted octanol–water partition coefficient (Wildman–Crippen LogP) is 4.35. The van der Waals surface area contributed by atoms with Gasteiger partial charge < -0.3 is 21.3 Å². The summed E-state index contributed by atoms with van der Waals surface area (Å²) in [5.41, 5.74) is 3.29. The molecule has 25 heavy (non-hydrogen) atoms. The molecule has 0 saturated heterocycles. The van der Waals surface area contributed by atoms with Crippen LogP contribution >= 0.6 is 23.2 Å². The molecule has 0 saturated carbocycles. The summed E-state index contributed by atoms with van der Waals surface area (Å²) in [6, 6.07) is 9.74. The minimum atomic E-state index is -0.420. The summed E-state index contributed by atoms with van der Waals surface area (Å²) in [4.78, 5) is 23.9. The van der Waals surface area contributed by atoms with Gasteiger partial charge in [-0.25, -0.2) is 9.59 Å². The van der Waals surface area contributed by atoms with Crippen LogP contribution in [0.25, 0.3) is 5.70 Å². The number of fused-ring (bicyclic) bond motifs is 2. The van der Waals surface area contributed by atoms with Crippen LogP contribution in [0.4, 0.5) is 21.0 Å². The van der Waals surface area contributed by atoms with Crippen LogP contribution in [0.15, 0.2) is 42.5 Å². The largest absolute Gasteiger partial charge is 0.327 e. The number of carbonyl (C=O) groups is 2. The van der Waals surface area contributed by atoms with Crippen LogP contribution in [-0.4, -0.2) is 12.1 Å². The van der Waals surface area contributed by atoms with Crippen molar-refractivity contribution in [3.63, 3.8) is 0 Å². The zero-order valence-electron chi connectivity index (χ0n) is 12.7. The number of para-hydroxylation sites is 1. The molecule has 0 fully saturated rings. The fraction of sp³-hybridized carbons (Fsp3) is 0.0588. The van der Waals surface area contributed by atoms with Crippen molar-refractivity contribution >= 4 is 52.3 Å². The quantitative estimate of drug-likeness (QED) is 0.598. The summed E-state index contributed by atoms with van der Waals surface area (Å²) >= 11 is 12.2. The van der Waals surface area contributed by atoms with Crippen molar-refractivity contribution in [2.45, 2.75) is 6.04 Å². The Morgan fingerprint density at radius 1 is 0.920 bits per heavy atom. The third-order valence-corrected chi connectivity index (χ3v) is 4.84. The Balaban J connectivity index is 1.82. The van der Waals surface area contributed by atoms with E-state index in [0.29, 0.717) is 22.0 Å². The van der Waals surface area contributed by atoms with Crippen LogP contribution in [0.1, 0.15) is 17.2 Å². The lowest BCUT2D eigenvalue weighted by atomic mass is 9.98. The molecule has 0 aliphatic carbocycles. The van der Waals surface area contributed by atoms with E-state index in [-0.39, 0.29) is 11.1 Å². The highest BCUT2D eigenvalue weighted by Crippen LogP contribution is 2.39. The molecule has 0 radical (unpaired) electrons. The maximum absolute atomic E-state index is 12.0. The molecule has 4 rings (SSSR count). The molecule has 0 aromatic heterocycles. The van der Waals surface area contributed by atoms with Crippen molar-refractivity contribution in [1.82, 2.24) is 10.6 Å². The van der Waals surface area contributed by atoms with E-state index in [4.69, 9.17) is 23.2 Å². The van der Waals surface area contributed by atoms with E-state index < -0.39 is 12.1 Å². The first-order valence-electron chi connectivity index (χ1n) is 7.47. The van der Waals surface area contributed by atoms with Crippen molar-refractivity contribution < 1.29 is 9.59 Å². The Kier molecular flexibility index (Phi) is 3.78. The van der Waals surface area contributed by atoms with Crippen molar-refractivity contribution in [2.24, 2.45) is 0 Å². The minimum Gasteiger partial charge on any atom is -0.327 e. The van der Waals surface area contributed by atoms with Crippen LogP contribution in [-0.2, 0) is 0 Å². The molecule has 6 nitrogen and oxygen atoms in total. The lowest BCUT2D eigenvalue weighted by molar-refractivity contribution is 0.249. The third kappa shape index (κ3) is 2.79. The Morgan fingerprint density at radius 2 is 1.72 bits per heavy atom. The van der Waals surface area contributed by atoms with Gasteiger partial charge in [0.05, 0.1) is 27.5 Å². The fourth-order valence-electron chi connectivity index (χ4n) is 2.92. The second kappa shape index (κ2) is 5.98. The van der Waals surface area contributed by atoms with Crippen molar-refractivity contribution in [3.8, 4) is 0 Å². The molecule has 4 N–H and O–H groups in total. The van der Waals surface area contributed by atoms with E-state index >= 15 is 0 Å². The molecular weight excluding hydrogens is 363 g/mol. The normalized spacial score (nSPS) is 19.9. The summed E-state index contributed by atoms with van der Waals surface area (Å²) in [7, 11) is 0. The lowest BCUT2D eigenvalue weighted by Crippen LogP contribution is -2.38. The Hall–Kier alpha value is -2.70. The highest BCUT2D eigenvalue weighted by atomic mass is 35.5. The first-order valence-corrected chi connectivity index (χ1v) is 8.23. The van der Waals surface area contributed by atoms with Crippen LogP contribution in [0, 0.1) is 0 Å². The number of anilines is 2. The monoisotopic (exact) mass is 374 g/mol. The maximum atomic E-state index is 12.0. The minimum absolute atomic E-state index is 0.273. The van der Waals surface area contributed by atoms with Gasteiger partial charge in [0.25, 0.3) is 0 Å². The number of halogens is 2. The van der Waals surface area contributed by atoms with E-state index in [1.165, 1.54) is 0 Å². The number of hydrogen-bond acceptors (Lipinski definition) is 2. The van der Waals surface area contributed by atoms with Gasteiger partial charge in [0.2, 0.25) is 0 Å². The second-order valence-electron chi connectivity index (χ2n) is 5.61. The average molecular weight is 375 g/mol. The summed E-state index contributed by atoms with van der Waals surface area (Å²) < 4.78 is 0. The average Bonchev–Trinajstić information content (AvgIpc) is 2.58. The summed E-state index contributed by atoms with van der Waals surface area (Å²) in [6.45, 7) is 0. The molecule has 2 heterocycles. The number of carbonyl (C=O) groups excluding carboxylic acids is 2. The van der Waals surface area contributed by atoms with E-state index in [1.807, 2.05) is 24.3 Å². The number of urea groups is 2. The topological polar surface area (TPSA) is 82.3 Å². The Labute approximate surface area is 153 Å².